The summed E-state index contributed by atoms with van der Waals surface area (Å²) in [5, 5.41) is 9.34. The molecule has 2 aliphatic carbocycles. The van der Waals surface area contributed by atoms with E-state index in [4.69, 9.17) is 0 Å². The van der Waals surface area contributed by atoms with Crippen LogP contribution in [0.5, 0.6) is 5.75 Å². The number of benzene rings is 1. The average molecular weight is 269 g/mol. The smallest absolute Gasteiger partial charge is 0.241 e. The van der Waals surface area contributed by atoms with Gasteiger partial charge in [-0.2, -0.15) is 0 Å². The van der Waals surface area contributed by atoms with Crippen molar-refractivity contribution in [1.82, 2.24) is 0 Å². The minimum absolute atomic E-state index is 0.0972. The Labute approximate surface area is 116 Å². The van der Waals surface area contributed by atoms with E-state index in [1.165, 1.54) is 17.0 Å². The molecule has 1 N–H and O–H groups in total. The largest absolute Gasteiger partial charge is 0.508 e. The first-order valence-corrected chi connectivity index (χ1v) is 6.89. The molecule has 4 nitrogen and oxygen atoms in total. The molecule has 4 rings (SSSR count). The summed E-state index contributed by atoms with van der Waals surface area (Å²) in [7, 11) is 0. The van der Waals surface area contributed by atoms with Crippen LogP contribution in [0.15, 0.2) is 36.4 Å². The number of carbonyl (C=O) groups excluding carboxylic acids is 2. The Morgan fingerprint density at radius 1 is 1.20 bits per heavy atom. The maximum Gasteiger partial charge on any atom is 0.241 e. The molecule has 1 heterocycles. The van der Waals surface area contributed by atoms with Crippen LogP contribution in [0.1, 0.15) is 13.3 Å². The fourth-order valence-corrected chi connectivity index (χ4v) is 4.15. The van der Waals surface area contributed by atoms with Gasteiger partial charge in [0.25, 0.3) is 0 Å². The molecule has 2 bridgehead atoms. The zero-order valence-electron chi connectivity index (χ0n) is 11.1. The Hall–Kier alpha value is -2.10. The number of hydrogen-bond donors (Lipinski definition) is 1. The molecule has 4 heteroatoms. The summed E-state index contributed by atoms with van der Waals surface area (Å²) < 4.78 is 0. The first-order chi connectivity index (χ1) is 9.53. The minimum Gasteiger partial charge on any atom is -0.508 e. The predicted molar refractivity (Wildman–Crippen MR) is 72.9 cm³/mol. The first-order valence-electron chi connectivity index (χ1n) is 6.89. The van der Waals surface area contributed by atoms with Crippen molar-refractivity contribution in [2.75, 3.05) is 4.90 Å². The Kier molecular flexibility index (Phi) is 2.05. The van der Waals surface area contributed by atoms with Crippen LogP contribution in [0, 0.1) is 23.2 Å². The number of anilines is 1. The molecule has 0 radical (unpaired) electrons. The third-order valence-electron chi connectivity index (χ3n) is 5.22. The number of rotatable bonds is 1. The van der Waals surface area contributed by atoms with Crippen molar-refractivity contribution >= 4 is 17.5 Å². The summed E-state index contributed by atoms with van der Waals surface area (Å²) in [5.41, 5.74) is -0.0400. The van der Waals surface area contributed by atoms with Gasteiger partial charge >= 0.3 is 0 Å². The molecule has 0 aromatic heterocycles. The van der Waals surface area contributed by atoms with Gasteiger partial charge in [-0.05, 0) is 49.4 Å². The maximum atomic E-state index is 12.8. The number of phenols is 1. The van der Waals surface area contributed by atoms with E-state index in [-0.39, 0.29) is 35.3 Å². The summed E-state index contributed by atoms with van der Waals surface area (Å²) >= 11 is 0. The van der Waals surface area contributed by atoms with E-state index in [2.05, 4.69) is 12.2 Å². The molecule has 1 aromatic carbocycles. The molecule has 1 saturated carbocycles. The first kappa shape index (κ1) is 11.7. The number of aromatic hydroxyl groups is 1. The number of hydrogen-bond acceptors (Lipinski definition) is 3. The zero-order valence-corrected chi connectivity index (χ0v) is 11.1. The van der Waals surface area contributed by atoms with Crippen molar-refractivity contribution in [1.29, 1.82) is 0 Å². The van der Waals surface area contributed by atoms with E-state index in [0.29, 0.717) is 5.69 Å². The Morgan fingerprint density at radius 2 is 1.90 bits per heavy atom. The van der Waals surface area contributed by atoms with E-state index in [1.807, 2.05) is 6.92 Å². The standard InChI is InChI=1S/C16H15NO3/c1-16-10-3-2-9(8-10)13(16)14(19)17(15(16)20)11-4-6-12(18)7-5-11/h2-7,9-10,13,18H,8H2,1H3/t9-,10+,13+,16-/m0/s1. The normalized spacial score (nSPS) is 37.9. The number of fused-ring (bicyclic) bond motifs is 5. The lowest BCUT2D eigenvalue weighted by molar-refractivity contribution is -0.127. The zero-order chi connectivity index (χ0) is 14.1. The molecule has 1 aliphatic heterocycles. The molecule has 1 aromatic rings. The third-order valence-corrected chi connectivity index (χ3v) is 5.22. The van der Waals surface area contributed by atoms with Gasteiger partial charge in [0, 0.05) is 0 Å². The second-order valence-electron chi connectivity index (χ2n) is 6.15. The predicted octanol–water partition coefficient (Wildman–Crippen LogP) is 2.09. The summed E-state index contributed by atoms with van der Waals surface area (Å²) in [5.74, 6) is 0.0782. The topological polar surface area (TPSA) is 57.6 Å². The molecule has 3 aliphatic rings. The number of carbonyl (C=O) groups is 2. The van der Waals surface area contributed by atoms with Crippen molar-refractivity contribution in [2.24, 2.45) is 23.2 Å². The number of amides is 2. The van der Waals surface area contributed by atoms with Gasteiger partial charge in [-0.1, -0.05) is 12.2 Å². The summed E-state index contributed by atoms with van der Waals surface area (Å²) in [6.45, 7) is 1.92. The molecule has 2 amide bonds. The van der Waals surface area contributed by atoms with Crippen LogP contribution in [0.3, 0.4) is 0 Å². The van der Waals surface area contributed by atoms with Crippen LogP contribution in [0.4, 0.5) is 5.69 Å². The van der Waals surface area contributed by atoms with Gasteiger partial charge < -0.3 is 5.11 Å². The van der Waals surface area contributed by atoms with Gasteiger partial charge in [-0.25, -0.2) is 4.90 Å². The molecule has 4 atom stereocenters. The number of phenolic OH excluding ortho intramolecular Hbond substituents is 1. The quantitative estimate of drug-likeness (QED) is 0.627. The van der Waals surface area contributed by atoms with Crippen LogP contribution >= 0.6 is 0 Å². The lowest BCUT2D eigenvalue weighted by Gasteiger charge is -2.28. The molecule has 20 heavy (non-hydrogen) atoms. The molecule has 1 saturated heterocycles. The van der Waals surface area contributed by atoms with Crippen LogP contribution < -0.4 is 4.90 Å². The molecule has 102 valence electrons. The van der Waals surface area contributed by atoms with E-state index in [1.54, 1.807) is 12.1 Å². The Morgan fingerprint density at radius 3 is 2.55 bits per heavy atom. The fourth-order valence-electron chi connectivity index (χ4n) is 4.15. The highest BCUT2D eigenvalue weighted by molar-refractivity contribution is 6.24. The van der Waals surface area contributed by atoms with Crippen LogP contribution in [0.2, 0.25) is 0 Å². The molecule has 0 spiro atoms. The van der Waals surface area contributed by atoms with Crippen molar-refractivity contribution in [3.05, 3.63) is 36.4 Å². The summed E-state index contributed by atoms with van der Waals surface area (Å²) in [6.07, 6.45) is 5.09. The Balaban J connectivity index is 1.80. The number of allylic oxidation sites excluding steroid dienone is 2. The summed E-state index contributed by atoms with van der Waals surface area (Å²) in [6, 6.07) is 6.23. The average Bonchev–Trinajstić information content (AvgIpc) is 3.05. The van der Waals surface area contributed by atoms with Gasteiger partial charge in [0.15, 0.2) is 0 Å². The van der Waals surface area contributed by atoms with Gasteiger partial charge in [-0.15, -0.1) is 0 Å². The summed E-state index contributed by atoms with van der Waals surface area (Å²) in [4.78, 5) is 26.8. The highest BCUT2D eigenvalue weighted by Crippen LogP contribution is 2.60. The second-order valence-corrected chi connectivity index (χ2v) is 6.15. The van der Waals surface area contributed by atoms with Gasteiger partial charge in [-0.3, -0.25) is 9.59 Å². The highest BCUT2D eigenvalue weighted by Gasteiger charge is 2.67. The highest BCUT2D eigenvalue weighted by atomic mass is 16.3. The van der Waals surface area contributed by atoms with Crippen molar-refractivity contribution in [3.8, 4) is 5.75 Å². The molecular formula is C16H15NO3. The molecular weight excluding hydrogens is 254 g/mol. The fraction of sp³-hybridized carbons (Fsp3) is 0.375. The molecule has 2 fully saturated rings. The minimum atomic E-state index is -0.589. The second kappa shape index (κ2) is 3.51. The Bertz CT molecular complexity index is 648. The molecule has 0 unspecified atom stereocenters. The van der Waals surface area contributed by atoms with Crippen molar-refractivity contribution in [2.45, 2.75) is 13.3 Å². The number of nitrogens with zero attached hydrogens (tertiary/aromatic N) is 1. The van der Waals surface area contributed by atoms with Crippen molar-refractivity contribution < 1.29 is 14.7 Å². The maximum absolute atomic E-state index is 12.8. The van der Waals surface area contributed by atoms with Gasteiger partial charge in [0.2, 0.25) is 11.8 Å². The van der Waals surface area contributed by atoms with E-state index < -0.39 is 5.41 Å². The van der Waals surface area contributed by atoms with Crippen LogP contribution in [0.25, 0.3) is 0 Å². The van der Waals surface area contributed by atoms with Gasteiger partial charge in [0.05, 0.1) is 17.0 Å². The monoisotopic (exact) mass is 269 g/mol. The van der Waals surface area contributed by atoms with Gasteiger partial charge in [0.1, 0.15) is 5.75 Å². The van der Waals surface area contributed by atoms with Crippen LogP contribution in [-0.2, 0) is 9.59 Å². The third kappa shape index (κ3) is 1.17. The number of imide groups is 1. The lowest BCUT2D eigenvalue weighted by atomic mass is 9.71. The lowest BCUT2D eigenvalue weighted by Crippen LogP contribution is -2.37. The van der Waals surface area contributed by atoms with Crippen LogP contribution in [-0.4, -0.2) is 16.9 Å². The van der Waals surface area contributed by atoms with E-state index >= 15 is 0 Å². The SMILES string of the molecule is C[C@@]12C(=O)N(c3ccc(O)cc3)C(=O)[C@H]1[C@H]1C=C[C@@H]2C1. The van der Waals surface area contributed by atoms with E-state index in [9.17, 15) is 14.7 Å². The van der Waals surface area contributed by atoms with E-state index in [0.717, 1.165) is 6.42 Å². The van der Waals surface area contributed by atoms with Crippen molar-refractivity contribution in [3.63, 3.8) is 0 Å².